The topological polar surface area (TPSA) is 32.3 Å². The number of nitrogens with zero attached hydrogens (tertiary/aromatic N) is 1. The Labute approximate surface area is 148 Å². The molecule has 124 valence electrons. The highest BCUT2D eigenvalue weighted by Gasteiger charge is 2.21. The molecule has 1 aromatic carbocycles. The first kappa shape index (κ1) is 19.6. The molecule has 0 aliphatic carbocycles. The number of benzene rings is 1. The van der Waals surface area contributed by atoms with E-state index in [4.69, 9.17) is 11.6 Å². The second-order valence-corrected chi connectivity index (χ2v) is 6.93. The zero-order valence-corrected chi connectivity index (χ0v) is 15.3. The summed E-state index contributed by atoms with van der Waals surface area (Å²) in [4.78, 5) is 14.2. The molecule has 1 aliphatic heterocycles. The number of piperidine rings is 1. The van der Waals surface area contributed by atoms with E-state index in [1.54, 1.807) is 11.8 Å². The van der Waals surface area contributed by atoms with Crippen molar-refractivity contribution in [3.8, 4) is 0 Å². The van der Waals surface area contributed by atoms with Crippen LogP contribution in [0.15, 0.2) is 24.3 Å². The number of rotatable bonds is 6. The second kappa shape index (κ2) is 10.4. The zero-order chi connectivity index (χ0) is 15.1. The Morgan fingerprint density at radius 2 is 2.14 bits per heavy atom. The molecule has 6 heteroatoms. The lowest BCUT2D eigenvalue weighted by Gasteiger charge is -2.31. The maximum absolute atomic E-state index is 12.2. The summed E-state index contributed by atoms with van der Waals surface area (Å²) in [6.07, 6.45) is 2.23. The summed E-state index contributed by atoms with van der Waals surface area (Å²) in [7, 11) is 1.99. The zero-order valence-electron chi connectivity index (χ0n) is 12.9. The summed E-state index contributed by atoms with van der Waals surface area (Å²) >= 11 is 7.62. The molecule has 22 heavy (non-hydrogen) atoms. The lowest BCUT2D eigenvalue weighted by atomic mass is 9.97. The van der Waals surface area contributed by atoms with Crippen molar-refractivity contribution in [2.45, 2.75) is 18.6 Å². The molecule has 1 aliphatic rings. The predicted octanol–water partition coefficient (Wildman–Crippen LogP) is 3.45. The van der Waals surface area contributed by atoms with Gasteiger partial charge in [0, 0.05) is 23.9 Å². The molecule has 0 aromatic heterocycles. The van der Waals surface area contributed by atoms with E-state index in [1.165, 1.54) is 5.56 Å². The number of halogens is 2. The number of carbonyl (C=O) groups excluding carboxylic acids is 1. The van der Waals surface area contributed by atoms with Gasteiger partial charge < -0.3 is 10.2 Å². The minimum absolute atomic E-state index is 0. The van der Waals surface area contributed by atoms with Gasteiger partial charge in [0.05, 0.1) is 5.75 Å². The third-order valence-electron chi connectivity index (χ3n) is 3.84. The molecule has 1 heterocycles. The van der Waals surface area contributed by atoms with Gasteiger partial charge in [0.25, 0.3) is 0 Å². The molecule has 1 amide bonds. The smallest absolute Gasteiger partial charge is 0.232 e. The standard InChI is InChI=1S/C16H23ClN2OS.ClH/c1-18-10-13-5-7-19(8-6-13)16(20)12-21-11-14-3-2-4-15(17)9-14;/h2-4,9,13,18H,5-8,10-12H2,1H3;1H. The normalized spacial score (nSPS) is 15.5. The highest BCUT2D eigenvalue weighted by atomic mass is 35.5. The summed E-state index contributed by atoms with van der Waals surface area (Å²) in [5.74, 6) is 2.38. The summed E-state index contributed by atoms with van der Waals surface area (Å²) in [5, 5.41) is 3.98. The van der Waals surface area contributed by atoms with E-state index in [1.807, 2.05) is 36.2 Å². The van der Waals surface area contributed by atoms with Crippen LogP contribution in [-0.4, -0.2) is 43.2 Å². The minimum Gasteiger partial charge on any atom is -0.342 e. The van der Waals surface area contributed by atoms with Crippen LogP contribution in [0.25, 0.3) is 0 Å². The van der Waals surface area contributed by atoms with Crippen LogP contribution in [0.2, 0.25) is 5.02 Å². The first-order chi connectivity index (χ1) is 10.2. The molecule has 0 unspecified atom stereocenters. The maximum Gasteiger partial charge on any atom is 0.232 e. The van der Waals surface area contributed by atoms with Gasteiger partial charge in [-0.2, -0.15) is 0 Å². The Morgan fingerprint density at radius 3 is 2.77 bits per heavy atom. The fourth-order valence-corrected chi connectivity index (χ4v) is 3.74. The van der Waals surface area contributed by atoms with Crippen molar-refractivity contribution in [2.75, 3.05) is 32.4 Å². The average molecular weight is 363 g/mol. The molecule has 1 saturated heterocycles. The van der Waals surface area contributed by atoms with E-state index in [0.29, 0.717) is 5.75 Å². The Morgan fingerprint density at radius 1 is 1.41 bits per heavy atom. The van der Waals surface area contributed by atoms with Crippen LogP contribution < -0.4 is 5.32 Å². The van der Waals surface area contributed by atoms with Gasteiger partial charge in [0.1, 0.15) is 0 Å². The fraction of sp³-hybridized carbons (Fsp3) is 0.562. The van der Waals surface area contributed by atoms with Crippen molar-refractivity contribution in [2.24, 2.45) is 5.92 Å². The van der Waals surface area contributed by atoms with Gasteiger partial charge in [-0.25, -0.2) is 0 Å². The Bertz CT molecular complexity index is 465. The van der Waals surface area contributed by atoms with E-state index in [2.05, 4.69) is 5.32 Å². The fourth-order valence-electron chi connectivity index (χ4n) is 2.65. The maximum atomic E-state index is 12.2. The van der Waals surface area contributed by atoms with Crippen LogP contribution in [0.1, 0.15) is 18.4 Å². The van der Waals surface area contributed by atoms with E-state index in [-0.39, 0.29) is 18.3 Å². The highest BCUT2D eigenvalue weighted by Crippen LogP contribution is 2.19. The minimum atomic E-state index is 0. The highest BCUT2D eigenvalue weighted by molar-refractivity contribution is 7.99. The van der Waals surface area contributed by atoms with Crippen molar-refractivity contribution in [3.63, 3.8) is 0 Å². The first-order valence-corrected chi connectivity index (χ1v) is 8.97. The Hall–Kier alpha value is -0.420. The van der Waals surface area contributed by atoms with Gasteiger partial charge in [-0.05, 0) is 50.0 Å². The van der Waals surface area contributed by atoms with Crippen LogP contribution >= 0.6 is 35.8 Å². The Balaban J connectivity index is 0.00000242. The van der Waals surface area contributed by atoms with E-state index >= 15 is 0 Å². The molecule has 0 radical (unpaired) electrons. The summed E-state index contributed by atoms with van der Waals surface area (Å²) < 4.78 is 0. The number of hydrogen-bond donors (Lipinski definition) is 1. The van der Waals surface area contributed by atoms with Crippen LogP contribution in [-0.2, 0) is 10.5 Å². The van der Waals surface area contributed by atoms with E-state index in [9.17, 15) is 4.79 Å². The molecular weight excluding hydrogens is 339 g/mol. The molecule has 0 atom stereocenters. The number of hydrogen-bond acceptors (Lipinski definition) is 3. The molecule has 0 bridgehead atoms. The van der Waals surface area contributed by atoms with Crippen LogP contribution in [0.4, 0.5) is 0 Å². The average Bonchev–Trinajstić information content (AvgIpc) is 2.48. The van der Waals surface area contributed by atoms with Crippen molar-refractivity contribution >= 4 is 41.7 Å². The summed E-state index contributed by atoms with van der Waals surface area (Å²) in [6, 6.07) is 7.83. The van der Waals surface area contributed by atoms with Gasteiger partial charge in [0.15, 0.2) is 0 Å². The third kappa shape index (κ3) is 6.37. The lowest BCUT2D eigenvalue weighted by Crippen LogP contribution is -2.41. The molecule has 1 aromatic rings. The number of thioether (sulfide) groups is 1. The van der Waals surface area contributed by atoms with Gasteiger partial charge in [0.2, 0.25) is 5.91 Å². The molecule has 3 nitrogen and oxygen atoms in total. The molecule has 0 spiro atoms. The monoisotopic (exact) mass is 362 g/mol. The lowest BCUT2D eigenvalue weighted by molar-refractivity contribution is -0.129. The number of likely N-dealkylation sites (tertiary alicyclic amines) is 1. The number of carbonyl (C=O) groups is 1. The van der Waals surface area contributed by atoms with Crippen molar-refractivity contribution < 1.29 is 4.79 Å². The second-order valence-electron chi connectivity index (χ2n) is 5.50. The van der Waals surface area contributed by atoms with Crippen molar-refractivity contribution in [1.29, 1.82) is 0 Å². The molecule has 1 fully saturated rings. The number of nitrogens with one attached hydrogen (secondary N) is 1. The third-order valence-corrected chi connectivity index (χ3v) is 5.07. The quantitative estimate of drug-likeness (QED) is 0.840. The molecule has 0 saturated carbocycles. The van der Waals surface area contributed by atoms with Crippen LogP contribution in [0.5, 0.6) is 0 Å². The predicted molar refractivity (Wildman–Crippen MR) is 98.1 cm³/mol. The SMILES string of the molecule is CNCC1CCN(C(=O)CSCc2cccc(Cl)c2)CC1.Cl. The summed E-state index contributed by atoms with van der Waals surface area (Å²) in [6.45, 7) is 2.87. The van der Waals surface area contributed by atoms with Crippen LogP contribution in [0.3, 0.4) is 0 Å². The van der Waals surface area contributed by atoms with Gasteiger partial charge >= 0.3 is 0 Å². The Kier molecular flexibility index (Phi) is 9.25. The van der Waals surface area contributed by atoms with E-state index in [0.717, 1.165) is 49.2 Å². The van der Waals surface area contributed by atoms with Crippen molar-refractivity contribution in [1.82, 2.24) is 10.2 Å². The molecular formula is C16H24Cl2N2OS. The van der Waals surface area contributed by atoms with Gasteiger partial charge in [-0.15, -0.1) is 24.2 Å². The first-order valence-electron chi connectivity index (χ1n) is 7.43. The number of amides is 1. The molecule has 1 N–H and O–H groups in total. The van der Waals surface area contributed by atoms with E-state index < -0.39 is 0 Å². The van der Waals surface area contributed by atoms with Crippen LogP contribution in [0, 0.1) is 5.92 Å². The van der Waals surface area contributed by atoms with Crippen molar-refractivity contribution in [3.05, 3.63) is 34.9 Å². The summed E-state index contributed by atoms with van der Waals surface area (Å²) in [5.41, 5.74) is 1.17. The van der Waals surface area contributed by atoms with Gasteiger partial charge in [-0.1, -0.05) is 23.7 Å². The largest absolute Gasteiger partial charge is 0.342 e. The molecule has 2 rings (SSSR count). The van der Waals surface area contributed by atoms with Gasteiger partial charge in [-0.3, -0.25) is 4.79 Å².